The highest BCUT2D eigenvalue weighted by Crippen LogP contribution is 2.27. The van der Waals surface area contributed by atoms with Crippen LogP contribution in [0.4, 0.5) is 10.1 Å². The number of aromatic nitrogens is 2. The third kappa shape index (κ3) is 5.14. The summed E-state index contributed by atoms with van der Waals surface area (Å²) in [5.41, 5.74) is 2.40. The Balaban J connectivity index is 1.55. The van der Waals surface area contributed by atoms with Crippen molar-refractivity contribution >= 4 is 29.1 Å². The van der Waals surface area contributed by atoms with Crippen LogP contribution in [0.25, 0.3) is 0 Å². The van der Waals surface area contributed by atoms with E-state index in [-0.39, 0.29) is 22.4 Å². The molecule has 1 saturated heterocycles. The predicted molar refractivity (Wildman–Crippen MR) is 131 cm³/mol. The Morgan fingerprint density at radius 1 is 1.09 bits per heavy atom. The molecule has 1 aliphatic rings. The summed E-state index contributed by atoms with van der Waals surface area (Å²) in [6.45, 7) is 7.71. The maximum atomic E-state index is 13.3. The number of halogens is 2. The lowest BCUT2D eigenvalue weighted by Gasteiger charge is -2.35. The van der Waals surface area contributed by atoms with Gasteiger partial charge in [0, 0.05) is 13.1 Å². The Kier molecular flexibility index (Phi) is 7.03. The lowest BCUT2D eigenvalue weighted by Crippen LogP contribution is -2.42. The number of benzene rings is 2. The van der Waals surface area contributed by atoms with E-state index >= 15 is 0 Å². The summed E-state index contributed by atoms with van der Waals surface area (Å²) in [5, 5.41) is 7.44. The number of carbonyl (C=O) groups is 2. The van der Waals surface area contributed by atoms with E-state index in [2.05, 4.69) is 24.3 Å². The first-order valence-electron chi connectivity index (χ1n) is 11.4. The van der Waals surface area contributed by atoms with Gasteiger partial charge in [0.05, 0.1) is 29.1 Å². The van der Waals surface area contributed by atoms with Crippen LogP contribution in [-0.2, 0) is 6.54 Å². The van der Waals surface area contributed by atoms with Gasteiger partial charge in [-0.25, -0.2) is 9.07 Å². The van der Waals surface area contributed by atoms with Gasteiger partial charge in [0.2, 0.25) is 0 Å². The van der Waals surface area contributed by atoms with Crippen LogP contribution >= 0.6 is 11.6 Å². The minimum absolute atomic E-state index is 0.0934. The highest BCUT2D eigenvalue weighted by molar-refractivity contribution is 6.33. The third-order valence-corrected chi connectivity index (χ3v) is 6.48. The van der Waals surface area contributed by atoms with E-state index in [1.54, 1.807) is 43.3 Å². The molecule has 2 amide bonds. The number of para-hydroxylation sites is 1. The van der Waals surface area contributed by atoms with Crippen LogP contribution in [0.3, 0.4) is 0 Å². The third-order valence-electron chi connectivity index (χ3n) is 6.10. The summed E-state index contributed by atoms with van der Waals surface area (Å²) in [5.74, 6) is 0.0107. The van der Waals surface area contributed by atoms with Crippen molar-refractivity contribution in [1.29, 1.82) is 0 Å². The molecule has 0 aliphatic carbocycles. The summed E-state index contributed by atoms with van der Waals surface area (Å²) in [4.78, 5) is 28.4. The van der Waals surface area contributed by atoms with Gasteiger partial charge in [-0.2, -0.15) is 5.10 Å². The van der Waals surface area contributed by atoms with Crippen molar-refractivity contribution in [3.05, 3.63) is 81.9 Å². The van der Waals surface area contributed by atoms with Gasteiger partial charge in [0.25, 0.3) is 11.8 Å². The zero-order valence-corrected chi connectivity index (χ0v) is 20.3. The molecule has 2 unspecified atom stereocenters. The van der Waals surface area contributed by atoms with Crippen molar-refractivity contribution in [2.45, 2.75) is 33.7 Å². The van der Waals surface area contributed by atoms with E-state index < -0.39 is 5.91 Å². The first kappa shape index (κ1) is 24.0. The van der Waals surface area contributed by atoms with E-state index in [0.29, 0.717) is 48.4 Å². The highest BCUT2D eigenvalue weighted by atomic mass is 35.5. The molecular weight excluding hydrogens is 455 g/mol. The first-order valence-corrected chi connectivity index (χ1v) is 11.8. The molecule has 2 aromatic carbocycles. The summed E-state index contributed by atoms with van der Waals surface area (Å²) < 4.78 is 14.7. The Hall–Kier alpha value is -3.19. The Labute approximate surface area is 203 Å². The number of piperidine rings is 1. The fourth-order valence-corrected chi connectivity index (χ4v) is 4.96. The maximum absolute atomic E-state index is 13.3. The second kappa shape index (κ2) is 9.97. The molecule has 0 spiro atoms. The number of nitrogens with zero attached hydrogens (tertiary/aromatic N) is 3. The molecule has 6 nitrogen and oxygen atoms in total. The van der Waals surface area contributed by atoms with Crippen LogP contribution in [0, 0.1) is 24.6 Å². The summed E-state index contributed by atoms with van der Waals surface area (Å²) in [6.07, 6.45) is 1.10. The number of rotatable bonds is 5. The van der Waals surface area contributed by atoms with Gasteiger partial charge >= 0.3 is 0 Å². The molecule has 1 N–H and O–H groups in total. The van der Waals surface area contributed by atoms with Gasteiger partial charge in [0.1, 0.15) is 11.0 Å². The largest absolute Gasteiger partial charge is 0.338 e. The maximum Gasteiger partial charge on any atom is 0.260 e. The van der Waals surface area contributed by atoms with Crippen molar-refractivity contribution in [3.63, 3.8) is 0 Å². The molecule has 3 aromatic rings. The topological polar surface area (TPSA) is 67.2 Å². The quantitative estimate of drug-likeness (QED) is 0.529. The number of amides is 2. The average Bonchev–Trinajstić information content (AvgIpc) is 3.07. The Morgan fingerprint density at radius 3 is 2.41 bits per heavy atom. The summed E-state index contributed by atoms with van der Waals surface area (Å²) in [6, 6.07) is 13.0. The molecule has 2 atom stereocenters. The number of aryl methyl sites for hydroxylation is 1. The van der Waals surface area contributed by atoms with Crippen LogP contribution < -0.4 is 5.32 Å². The second-order valence-electron chi connectivity index (χ2n) is 9.19. The van der Waals surface area contributed by atoms with E-state index in [9.17, 15) is 14.0 Å². The molecule has 178 valence electrons. The molecule has 0 radical (unpaired) electrons. The minimum Gasteiger partial charge on any atom is -0.338 e. The predicted octanol–water partition coefficient (Wildman–Crippen LogP) is 5.40. The standard InChI is InChI=1S/C26H28ClFN4O2/c1-16-12-17(2)14-31(13-16)26(34)21-6-4-5-7-22(21)29-25(33)23-18(3)30-32(24(23)27)15-19-8-10-20(28)11-9-19/h4-11,16-17H,12-15H2,1-3H3,(H,29,33). The average molecular weight is 483 g/mol. The molecule has 8 heteroatoms. The Morgan fingerprint density at radius 2 is 1.74 bits per heavy atom. The molecular formula is C26H28ClFN4O2. The van der Waals surface area contributed by atoms with E-state index in [0.717, 1.165) is 12.0 Å². The molecule has 34 heavy (non-hydrogen) atoms. The number of carbonyl (C=O) groups excluding carboxylic acids is 2. The van der Waals surface area contributed by atoms with Gasteiger partial charge in [0.15, 0.2) is 0 Å². The Bertz CT molecular complexity index is 1200. The zero-order chi connectivity index (χ0) is 24.4. The van der Waals surface area contributed by atoms with Crippen molar-refractivity contribution in [1.82, 2.24) is 14.7 Å². The zero-order valence-electron chi connectivity index (χ0n) is 19.5. The first-order chi connectivity index (χ1) is 16.2. The number of anilines is 1. The summed E-state index contributed by atoms with van der Waals surface area (Å²) in [7, 11) is 0. The second-order valence-corrected chi connectivity index (χ2v) is 9.55. The van der Waals surface area contributed by atoms with Gasteiger partial charge < -0.3 is 10.2 Å². The normalized spacial score (nSPS) is 18.1. The van der Waals surface area contributed by atoms with Crippen molar-refractivity contribution < 1.29 is 14.0 Å². The van der Waals surface area contributed by atoms with Gasteiger partial charge in [-0.1, -0.05) is 49.7 Å². The van der Waals surface area contributed by atoms with Gasteiger partial charge in [-0.3, -0.25) is 9.59 Å². The molecule has 0 saturated carbocycles. The highest BCUT2D eigenvalue weighted by Gasteiger charge is 2.28. The molecule has 2 heterocycles. The van der Waals surface area contributed by atoms with Crippen LogP contribution in [0.1, 0.15) is 52.2 Å². The lowest BCUT2D eigenvalue weighted by molar-refractivity contribution is 0.0624. The smallest absolute Gasteiger partial charge is 0.260 e. The monoisotopic (exact) mass is 482 g/mol. The molecule has 0 bridgehead atoms. The van der Waals surface area contributed by atoms with Gasteiger partial charge in [-0.05, 0) is 55.0 Å². The lowest BCUT2D eigenvalue weighted by atomic mass is 9.91. The fraction of sp³-hybridized carbons (Fsp3) is 0.346. The molecule has 4 rings (SSSR count). The number of likely N-dealkylation sites (tertiary alicyclic amines) is 1. The van der Waals surface area contributed by atoms with Crippen LogP contribution in [0.15, 0.2) is 48.5 Å². The van der Waals surface area contributed by atoms with Crippen LogP contribution in [0.5, 0.6) is 0 Å². The molecule has 1 aliphatic heterocycles. The molecule has 1 fully saturated rings. The number of nitrogens with one attached hydrogen (secondary N) is 1. The van der Waals surface area contributed by atoms with E-state index in [1.807, 2.05) is 4.90 Å². The van der Waals surface area contributed by atoms with Crippen LogP contribution in [-0.4, -0.2) is 39.6 Å². The van der Waals surface area contributed by atoms with E-state index in [4.69, 9.17) is 11.6 Å². The van der Waals surface area contributed by atoms with Crippen LogP contribution in [0.2, 0.25) is 5.15 Å². The number of hydrogen-bond acceptors (Lipinski definition) is 3. The van der Waals surface area contributed by atoms with Gasteiger partial charge in [-0.15, -0.1) is 0 Å². The fourth-order valence-electron chi connectivity index (χ4n) is 4.64. The SMILES string of the molecule is Cc1nn(Cc2ccc(F)cc2)c(Cl)c1C(=O)Nc1ccccc1C(=O)N1CC(C)CC(C)C1. The minimum atomic E-state index is -0.437. The van der Waals surface area contributed by atoms with Crippen molar-refractivity contribution in [3.8, 4) is 0 Å². The van der Waals surface area contributed by atoms with Crippen molar-refractivity contribution in [2.24, 2.45) is 11.8 Å². The van der Waals surface area contributed by atoms with E-state index in [1.165, 1.54) is 16.8 Å². The summed E-state index contributed by atoms with van der Waals surface area (Å²) >= 11 is 6.52. The molecule has 1 aromatic heterocycles. The number of hydrogen-bond donors (Lipinski definition) is 1. The van der Waals surface area contributed by atoms with Crippen molar-refractivity contribution in [2.75, 3.05) is 18.4 Å².